The molecule has 29 heavy (non-hydrogen) atoms. The molecule has 1 saturated carbocycles. The van der Waals surface area contributed by atoms with E-state index >= 15 is 0 Å². The molecule has 2 aromatic rings. The third-order valence-electron chi connectivity index (χ3n) is 5.31. The predicted molar refractivity (Wildman–Crippen MR) is 126 cm³/mol. The quantitative estimate of drug-likeness (QED) is 0.403. The highest BCUT2D eigenvalue weighted by molar-refractivity contribution is 6.42. The summed E-state index contributed by atoms with van der Waals surface area (Å²) in [7, 11) is 0. The number of Topliss-reactive ketones (excluding diaryl/α,β-unsaturated/α-hetero) is 1. The Hall–Kier alpha value is -1.25. The molecule has 3 rings (SSSR count). The third kappa shape index (κ3) is 5.47. The van der Waals surface area contributed by atoms with Crippen molar-refractivity contribution in [2.24, 2.45) is 11.3 Å². The van der Waals surface area contributed by atoms with Crippen LogP contribution in [0.5, 0.6) is 0 Å². The van der Waals surface area contributed by atoms with Gasteiger partial charge in [0.05, 0.1) is 20.1 Å². The van der Waals surface area contributed by atoms with Gasteiger partial charge in [-0.25, -0.2) is 0 Å². The number of ketones is 1. The Kier molecular flexibility index (Phi) is 6.85. The van der Waals surface area contributed by atoms with Crippen LogP contribution in [0.3, 0.4) is 0 Å². The van der Waals surface area contributed by atoms with Gasteiger partial charge in [-0.05, 0) is 71.7 Å². The average molecular weight is 468 g/mol. The Bertz CT molecular complexity index is 939. The summed E-state index contributed by atoms with van der Waals surface area (Å²) >= 11 is 24.4. The van der Waals surface area contributed by atoms with Crippen molar-refractivity contribution in [3.63, 3.8) is 0 Å². The predicted octanol–water partition coefficient (Wildman–Crippen LogP) is 8.79. The number of rotatable bonds is 2. The van der Waals surface area contributed by atoms with E-state index in [9.17, 15) is 4.79 Å². The second-order valence-corrected chi connectivity index (χ2v) is 10.1. The topological polar surface area (TPSA) is 17.1 Å². The van der Waals surface area contributed by atoms with Crippen LogP contribution in [0, 0.1) is 11.3 Å². The molecule has 2 aromatic carbocycles. The van der Waals surface area contributed by atoms with Gasteiger partial charge in [-0.3, -0.25) is 4.79 Å². The second kappa shape index (κ2) is 8.86. The lowest BCUT2D eigenvalue weighted by atomic mass is 9.68. The molecule has 0 bridgehead atoms. The number of halogens is 4. The van der Waals surface area contributed by atoms with Gasteiger partial charge in [0.1, 0.15) is 0 Å². The summed E-state index contributed by atoms with van der Waals surface area (Å²) in [6.45, 7) is 6.63. The molecule has 0 amide bonds. The van der Waals surface area contributed by atoms with Crippen molar-refractivity contribution in [2.75, 3.05) is 0 Å². The molecule has 1 aliphatic carbocycles. The minimum absolute atomic E-state index is 0.0580. The maximum atomic E-state index is 13.3. The van der Waals surface area contributed by atoms with E-state index in [4.69, 9.17) is 46.4 Å². The second-order valence-electron chi connectivity index (χ2n) is 8.49. The van der Waals surface area contributed by atoms with E-state index in [2.05, 4.69) is 20.8 Å². The molecule has 0 heterocycles. The number of hydrogen-bond donors (Lipinski definition) is 0. The molecule has 1 nitrogen and oxygen atoms in total. The van der Waals surface area contributed by atoms with E-state index in [0.29, 0.717) is 26.0 Å². The van der Waals surface area contributed by atoms with Crippen LogP contribution in [0.25, 0.3) is 12.2 Å². The maximum Gasteiger partial charge on any atom is 0.185 e. The summed E-state index contributed by atoms with van der Waals surface area (Å²) in [6, 6.07) is 10.8. The van der Waals surface area contributed by atoms with Gasteiger partial charge in [-0.15, -0.1) is 0 Å². The molecule has 0 unspecified atom stereocenters. The van der Waals surface area contributed by atoms with Crippen molar-refractivity contribution < 1.29 is 4.79 Å². The lowest BCUT2D eigenvalue weighted by Crippen LogP contribution is -2.29. The van der Waals surface area contributed by atoms with Crippen LogP contribution in [0.2, 0.25) is 20.1 Å². The van der Waals surface area contributed by atoms with Gasteiger partial charge >= 0.3 is 0 Å². The number of carbonyl (C=O) groups is 1. The highest BCUT2D eigenvalue weighted by atomic mass is 35.5. The summed E-state index contributed by atoms with van der Waals surface area (Å²) in [5.41, 5.74) is 3.35. The number of carbonyl (C=O) groups excluding carboxylic acids is 1. The minimum atomic E-state index is 0.0580. The van der Waals surface area contributed by atoms with Crippen LogP contribution in [0.15, 0.2) is 47.5 Å². The number of benzene rings is 2. The van der Waals surface area contributed by atoms with Gasteiger partial charge < -0.3 is 0 Å². The fourth-order valence-corrected chi connectivity index (χ4v) is 4.08. The first-order chi connectivity index (χ1) is 13.5. The van der Waals surface area contributed by atoms with Crippen LogP contribution < -0.4 is 0 Å². The third-order valence-corrected chi connectivity index (χ3v) is 6.79. The molecule has 0 saturated heterocycles. The zero-order valence-electron chi connectivity index (χ0n) is 16.5. The molecular weight excluding hydrogens is 446 g/mol. The fraction of sp³-hybridized carbons (Fsp3) is 0.292. The highest BCUT2D eigenvalue weighted by Gasteiger charge is 2.34. The van der Waals surface area contributed by atoms with Crippen LogP contribution in [-0.4, -0.2) is 5.78 Å². The SMILES string of the molecule is CC(C)(C)C1C/C(=C\c2ccc(Cl)c(Cl)c2)C(=O)/C(=C/c2ccc(Cl)c(Cl)c2)C1. The van der Waals surface area contributed by atoms with Crippen molar-refractivity contribution >= 4 is 64.3 Å². The molecule has 1 aliphatic rings. The Morgan fingerprint density at radius 1 is 0.759 bits per heavy atom. The maximum absolute atomic E-state index is 13.3. The van der Waals surface area contributed by atoms with E-state index in [1.807, 2.05) is 24.3 Å². The molecular formula is C24H22Cl4O. The van der Waals surface area contributed by atoms with Gasteiger partial charge in [0.15, 0.2) is 5.78 Å². The van der Waals surface area contributed by atoms with E-state index in [0.717, 1.165) is 35.1 Å². The zero-order chi connectivity index (χ0) is 21.3. The first-order valence-corrected chi connectivity index (χ1v) is 10.9. The fourth-order valence-electron chi connectivity index (χ4n) is 3.46. The largest absolute Gasteiger partial charge is 0.289 e. The standard InChI is InChI=1S/C24H22Cl4O/c1-24(2,3)18-12-16(8-14-4-6-19(25)21(27)10-14)23(29)17(13-18)9-15-5-7-20(26)22(28)11-15/h4-11,18H,12-13H2,1-3H3/b16-8+,17-9+. The van der Waals surface area contributed by atoms with E-state index in [1.54, 1.807) is 24.3 Å². The molecule has 0 atom stereocenters. The Labute approximate surface area is 192 Å². The summed E-state index contributed by atoms with van der Waals surface area (Å²) < 4.78 is 0. The summed E-state index contributed by atoms with van der Waals surface area (Å²) in [5, 5.41) is 1.94. The van der Waals surface area contributed by atoms with Crippen molar-refractivity contribution in [1.82, 2.24) is 0 Å². The molecule has 1 fully saturated rings. The molecule has 152 valence electrons. The van der Waals surface area contributed by atoms with Gasteiger partial charge in [0, 0.05) is 11.1 Å². The Balaban J connectivity index is 2.03. The Morgan fingerprint density at radius 2 is 1.17 bits per heavy atom. The van der Waals surface area contributed by atoms with Crippen LogP contribution in [0.4, 0.5) is 0 Å². The normalized spacial score (nSPS) is 20.5. The summed E-state index contributed by atoms with van der Waals surface area (Å²) in [4.78, 5) is 13.3. The van der Waals surface area contributed by atoms with Crippen molar-refractivity contribution in [3.8, 4) is 0 Å². The van der Waals surface area contributed by atoms with Gasteiger partial charge in [0.2, 0.25) is 0 Å². The zero-order valence-corrected chi connectivity index (χ0v) is 19.6. The van der Waals surface area contributed by atoms with Gasteiger partial charge in [-0.2, -0.15) is 0 Å². The van der Waals surface area contributed by atoms with Crippen molar-refractivity contribution in [2.45, 2.75) is 33.6 Å². The van der Waals surface area contributed by atoms with Crippen LogP contribution in [-0.2, 0) is 4.79 Å². The van der Waals surface area contributed by atoms with Crippen molar-refractivity contribution in [3.05, 3.63) is 78.8 Å². The first kappa shape index (κ1) is 22.4. The highest BCUT2D eigenvalue weighted by Crippen LogP contribution is 2.42. The number of hydrogen-bond acceptors (Lipinski definition) is 1. The first-order valence-electron chi connectivity index (χ1n) is 9.40. The van der Waals surface area contributed by atoms with E-state index in [-0.39, 0.29) is 11.2 Å². The smallest absolute Gasteiger partial charge is 0.185 e. The van der Waals surface area contributed by atoms with Crippen molar-refractivity contribution in [1.29, 1.82) is 0 Å². The summed E-state index contributed by atoms with van der Waals surface area (Å²) in [6.07, 6.45) is 5.29. The molecule has 5 heteroatoms. The average Bonchev–Trinajstić information content (AvgIpc) is 2.63. The van der Waals surface area contributed by atoms with Crippen LogP contribution >= 0.6 is 46.4 Å². The van der Waals surface area contributed by atoms with E-state index < -0.39 is 0 Å². The molecule has 0 spiro atoms. The lowest BCUT2D eigenvalue weighted by molar-refractivity contribution is -0.113. The number of allylic oxidation sites excluding steroid dienone is 2. The minimum Gasteiger partial charge on any atom is -0.289 e. The monoisotopic (exact) mass is 466 g/mol. The Morgan fingerprint density at radius 3 is 1.52 bits per heavy atom. The summed E-state index contributed by atoms with van der Waals surface area (Å²) in [5.74, 6) is 0.394. The molecule has 0 aliphatic heterocycles. The van der Waals surface area contributed by atoms with Gasteiger partial charge in [0.25, 0.3) is 0 Å². The van der Waals surface area contributed by atoms with Crippen LogP contribution in [0.1, 0.15) is 44.7 Å². The van der Waals surface area contributed by atoms with Gasteiger partial charge in [-0.1, -0.05) is 79.3 Å². The lowest BCUT2D eigenvalue weighted by Gasteiger charge is -2.35. The molecule has 0 N–H and O–H groups in total. The molecule has 0 radical (unpaired) electrons. The van der Waals surface area contributed by atoms with E-state index in [1.165, 1.54) is 0 Å². The molecule has 0 aromatic heterocycles.